The Morgan fingerprint density at radius 1 is 1.10 bits per heavy atom. The van der Waals surface area contributed by atoms with Crippen LogP contribution in [-0.4, -0.2) is 28.9 Å². The van der Waals surface area contributed by atoms with Gasteiger partial charge in [0.15, 0.2) is 0 Å². The molecule has 1 amide bonds. The van der Waals surface area contributed by atoms with E-state index in [1.807, 2.05) is 19.1 Å². The number of rotatable bonds is 4. The summed E-state index contributed by atoms with van der Waals surface area (Å²) in [5.74, 6) is 1.06. The van der Waals surface area contributed by atoms with Gasteiger partial charge in [0.25, 0.3) is 0 Å². The second-order valence-corrected chi connectivity index (χ2v) is 8.19. The highest BCUT2D eigenvalue weighted by Gasteiger charge is 2.35. The van der Waals surface area contributed by atoms with E-state index in [9.17, 15) is 4.79 Å². The zero-order chi connectivity index (χ0) is 20.5. The van der Waals surface area contributed by atoms with Gasteiger partial charge in [-0.05, 0) is 68.4 Å². The van der Waals surface area contributed by atoms with Gasteiger partial charge in [-0.15, -0.1) is 0 Å². The summed E-state index contributed by atoms with van der Waals surface area (Å²) in [7, 11) is 0. The molecule has 5 rings (SSSR count). The number of fused-ring (bicyclic) bond motifs is 3. The van der Waals surface area contributed by atoms with Gasteiger partial charge < -0.3 is 14.6 Å². The molecule has 2 aliphatic rings. The molecule has 0 radical (unpaired) electrons. The fourth-order valence-corrected chi connectivity index (χ4v) is 4.94. The molecule has 2 aromatic carbocycles. The number of ether oxygens (including phenoxy) is 1. The first kappa shape index (κ1) is 19.0. The minimum Gasteiger partial charge on any atom is -0.494 e. The fourth-order valence-electron chi connectivity index (χ4n) is 4.94. The second-order valence-electron chi connectivity index (χ2n) is 8.19. The molecule has 1 aliphatic heterocycles. The molecule has 1 aromatic heterocycles. The van der Waals surface area contributed by atoms with Crippen molar-refractivity contribution in [3.05, 3.63) is 77.0 Å². The number of benzene rings is 2. The molecular weight excluding hydrogens is 372 g/mol. The smallest absolute Gasteiger partial charge is 0.250 e. The molecule has 0 unspecified atom stereocenters. The monoisotopic (exact) mass is 400 g/mol. The molecule has 154 valence electrons. The molecule has 1 atom stereocenters. The number of aromatic nitrogens is 1. The van der Waals surface area contributed by atoms with Crippen molar-refractivity contribution in [3.63, 3.8) is 0 Å². The Kier molecular flexibility index (Phi) is 5.07. The molecule has 4 nitrogen and oxygen atoms in total. The zero-order valence-electron chi connectivity index (χ0n) is 17.5. The van der Waals surface area contributed by atoms with Crippen LogP contribution in [0.1, 0.15) is 55.5 Å². The van der Waals surface area contributed by atoms with Crippen LogP contribution >= 0.6 is 0 Å². The van der Waals surface area contributed by atoms with Crippen LogP contribution in [0.25, 0.3) is 10.9 Å². The lowest BCUT2D eigenvalue weighted by molar-refractivity contribution is -0.129. The largest absolute Gasteiger partial charge is 0.494 e. The molecule has 3 aromatic rings. The molecule has 0 saturated heterocycles. The summed E-state index contributed by atoms with van der Waals surface area (Å²) < 4.78 is 5.64. The molecule has 2 heterocycles. The highest BCUT2D eigenvalue weighted by molar-refractivity contribution is 5.95. The second kappa shape index (κ2) is 8.02. The van der Waals surface area contributed by atoms with Crippen LogP contribution in [-0.2, 0) is 11.2 Å². The third-order valence-corrected chi connectivity index (χ3v) is 6.37. The van der Waals surface area contributed by atoms with E-state index in [0.717, 1.165) is 60.3 Å². The fraction of sp³-hybridized carbons (Fsp3) is 0.346. The first-order chi connectivity index (χ1) is 14.8. The van der Waals surface area contributed by atoms with E-state index in [1.165, 1.54) is 17.4 Å². The van der Waals surface area contributed by atoms with Gasteiger partial charge in [0.1, 0.15) is 5.75 Å². The van der Waals surface area contributed by atoms with E-state index in [4.69, 9.17) is 4.74 Å². The Bertz CT molecular complexity index is 1090. The highest BCUT2D eigenvalue weighted by atomic mass is 16.5. The highest BCUT2D eigenvalue weighted by Crippen LogP contribution is 2.40. The number of para-hydroxylation sites is 1. The number of carbonyl (C=O) groups is 1. The van der Waals surface area contributed by atoms with E-state index in [1.54, 1.807) is 0 Å². The first-order valence-electron chi connectivity index (χ1n) is 11.1. The summed E-state index contributed by atoms with van der Waals surface area (Å²) in [5, 5.41) is 1.27. The van der Waals surface area contributed by atoms with Crippen LogP contribution in [0.2, 0.25) is 0 Å². The maximum absolute atomic E-state index is 13.6. The lowest BCUT2D eigenvalue weighted by Gasteiger charge is -2.37. The summed E-state index contributed by atoms with van der Waals surface area (Å²) in [4.78, 5) is 19.3. The van der Waals surface area contributed by atoms with E-state index in [-0.39, 0.29) is 11.9 Å². The standard InChI is InChI=1S/C26H28N2O2/c1-2-30-20-14-12-18(13-15-20)25-24-22(21-10-6-7-11-23(21)27-24)16-17-28(25)26(29)19-8-4-3-5-9-19/h6-8,10-15,25,27H,2-5,9,16-17H2,1H3/t25-/m1/s1. The van der Waals surface area contributed by atoms with Crippen LogP contribution in [0.3, 0.4) is 0 Å². The van der Waals surface area contributed by atoms with Crippen molar-refractivity contribution >= 4 is 16.8 Å². The van der Waals surface area contributed by atoms with Crippen molar-refractivity contribution in [1.29, 1.82) is 0 Å². The summed E-state index contributed by atoms with van der Waals surface area (Å²) >= 11 is 0. The van der Waals surface area contributed by atoms with Gasteiger partial charge in [-0.2, -0.15) is 0 Å². The predicted molar refractivity (Wildman–Crippen MR) is 120 cm³/mol. The summed E-state index contributed by atoms with van der Waals surface area (Å²) in [6.45, 7) is 3.38. The van der Waals surface area contributed by atoms with Gasteiger partial charge in [-0.25, -0.2) is 0 Å². The van der Waals surface area contributed by atoms with Crippen molar-refractivity contribution in [3.8, 4) is 5.75 Å². The van der Waals surface area contributed by atoms with Crippen molar-refractivity contribution in [2.75, 3.05) is 13.2 Å². The molecule has 4 heteroatoms. The minimum absolute atomic E-state index is 0.104. The number of nitrogens with zero attached hydrogens (tertiary/aromatic N) is 1. The molecule has 0 saturated carbocycles. The predicted octanol–water partition coefficient (Wildman–Crippen LogP) is 5.54. The average Bonchev–Trinajstić information content (AvgIpc) is 3.18. The maximum atomic E-state index is 13.6. The van der Waals surface area contributed by atoms with Gasteiger partial charge >= 0.3 is 0 Å². The third kappa shape index (κ3) is 3.30. The number of hydrogen-bond donors (Lipinski definition) is 1. The van der Waals surface area contributed by atoms with Crippen LogP contribution in [0, 0.1) is 0 Å². The molecule has 1 N–H and O–H groups in total. The summed E-state index contributed by atoms with van der Waals surface area (Å²) in [6.07, 6.45) is 7.24. The van der Waals surface area contributed by atoms with Gasteiger partial charge in [0.05, 0.1) is 12.6 Å². The Morgan fingerprint density at radius 3 is 2.70 bits per heavy atom. The Hall–Kier alpha value is -3.01. The van der Waals surface area contributed by atoms with E-state index in [2.05, 4.69) is 52.4 Å². The maximum Gasteiger partial charge on any atom is 0.250 e. The number of nitrogens with one attached hydrogen (secondary N) is 1. The summed E-state index contributed by atoms with van der Waals surface area (Å²) in [5.41, 5.74) is 5.74. The number of carbonyl (C=O) groups excluding carboxylic acids is 1. The van der Waals surface area contributed by atoms with Crippen molar-refractivity contribution in [2.24, 2.45) is 0 Å². The van der Waals surface area contributed by atoms with Crippen molar-refractivity contribution in [1.82, 2.24) is 9.88 Å². The zero-order valence-corrected chi connectivity index (χ0v) is 17.5. The normalized spacial score (nSPS) is 18.8. The molecular formula is C26H28N2O2. The lowest BCUT2D eigenvalue weighted by Crippen LogP contribution is -2.41. The number of hydrogen-bond acceptors (Lipinski definition) is 2. The van der Waals surface area contributed by atoms with Crippen LogP contribution < -0.4 is 4.74 Å². The van der Waals surface area contributed by atoms with E-state index in [0.29, 0.717) is 6.61 Å². The molecule has 30 heavy (non-hydrogen) atoms. The molecule has 0 fully saturated rings. The minimum atomic E-state index is -0.104. The van der Waals surface area contributed by atoms with Crippen molar-refractivity contribution in [2.45, 2.75) is 45.1 Å². The van der Waals surface area contributed by atoms with Gasteiger partial charge in [0.2, 0.25) is 5.91 Å². The Labute approximate surface area is 177 Å². The Morgan fingerprint density at radius 2 is 1.93 bits per heavy atom. The molecule has 0 bridgehead atoms. The number of allylic oxidation sites excluding steroid dienone is 1. The third-order valence-electron chi connectivity index (χ3n) is 6.37. The van der Waals surface area contributed by atoms with Crippen LogP contribution in [0.4, 0.5) is 0 Å². The summed E-state index contributed by atoms with van der Waals surface area (Å²) in [6, 6.07) is 16.6. The van der Waals surface area contributed by atoms with E-state index < -0.39 is 0 Å². The van der Waals surface area contributed by atoms with E-state index >= 15 is 0 Å². The number of amides is 1. The topological polar surface area (TPSA) is 45.3 Å². The Balaban J connectivity index is 1.60. The van der Waals surface area contributed by atoms with Crippen molar-refractivity contribution < 1.29 is 9.53 Å². The van der Waals surface area contributed by atoms with Crippen LogP contribution in [0.15, 0.2) is 60.2 Å². The molecule has 1 aliphatic carbocycles. The van der Waals surface area contributed by atoms with Gasteiger partial charge in [0, 0.05) is 28.7 Å². The average molecular weight is 401 g/mol. The number of H-pyrrole nitrogens is 1. The van der Waals surface area contributed by atoms with Gasteiger partial charge in [-0.3, -0.25) is 4.79 Å². The van der Waals surface area contributed by atoms with Crippen LogP contribution in [0.5, 0.6) is 5.75 Å². The van der Waals surface area contributed by atoms with Gasteiger partial charge in [-0.1, -0.05) is 36.4 Å². The lowest BCUT2D eigenvalue weighted by atomic mass is 9.90. The SMILES string of the molecule is CCOc1ccc([C@@H]2c3[nH]c4ccccc4c3CCN2C(=O)C2=CCCCC2)cc1. The number of aromatic amines is 1. The first-order valence-corrected chi connectivity index (χ1v) is 11.1. The quantitative estimate of drug-likeness (QED) is 0.625. The molecule has 0 spiro atoms.